The number of nitrogens with zero attached hydrogens (tertiary/aromatic N) is 1. The number of hydrogen-bond acceptors (Lipinski definition) is 3. The molecule has 1 aliphatic rings. The van der Waals surface area contributed by atoms with Crippen molar-refractivity contribution < 1.29 is 0 Å². The molecule has 76 valence electrons. The van der Waals surface area contributed by atoms with Gasteiger partial charge in [0, 0.05) is 38.4 Å². The van der Waals surface area contributed by atoms with Gasteiger partial charge < -0.3 is 11.1 Å². The maximum atomic E-state index is 5.73. The van der Waals surface area contributed by atoms with E-state index in [1.807, 2.05) is 12.1 Å². The molecule has 3 nitrogen and oxygen atoms in total. The number of rotatable bonds is 2. The number of anilines is 1. The molecular formula is C11H17N3. The summed E-state index contributed by atoms with van der Waals surface area (Å²) in [4.78, 5) is 2.45. The van der Waals surface area contributed by atoms with Crippen LogP contribution >= 0.6 is 0 Å². The van der Waals surface area contributed by atoms with Crippen molar-refractivity contribution in [2.24, 2.45) is 0 Å². The molecule has 0 amide bonds. The van der Waals surface area contributed by atoms with Crippen molar-refractivity contribution in [3.63, 3.8) is 0 Å². The summed E-state index contributed by atoms with van der Waals surface area (Å²) < 4.78 is 0. The largest absolute Gasteiger partial charge is 0.399 e. The third-order valence-corrected chi connectivity index (χ3v) is 2.57. The molecule has 1 saturated heterocycles. The molecule has 0 unspecified atom stereocenters. The third kappa shape index (κ3) is 2.47. The van der Waals surface area contributed by atoms with Crippen molar-refractivity contribution >= 4 is 5.69 Å². The van der Waals surface area contributed by atoms with Gasteiger partial charge in [0.25, 0.3) is 0 Å². The lowest BCUT2D eigenvalue weighted by Crippen LogP contribution is -2.42. The van der Waals surface area contributed by atoms with Crippen LogP contribution in [0.4, 0.5) is 5.69 Å². The molecule has 0 spiro atoms. The van der Waals surface area contributed by atoms with Crippen molar-refractivity contribution in [2.45, 2.75) is 6.54 Å². The van der Waals surface area contributed by atoms with E-state index in [0.717, 1.165) is 38.4 Å². The van der Waals surface area contributed by atoms with E-state index in [9.17, 15) is 0 Å². The lowest BCUT2D eigenvalue weighted by molar-refractivity contribution is 0.233. The van der Waals surface area contributed by atoms with E-state index in [1.54, 1.807) is 0 Å². The second kappa shape index (κ2) is 4.44. The monoisotopic (exact) mass is 191 g/mol. The number of piperazine rings is 1. The smallest absolute Gasteiger partial charge is 0.0317 e. The van der Waals surface area contributed by atoms with Gasteiger partial charge in [-0.15, -0.1) is 0 Å². The van der Waals surface area contributed by atoms with Gasteiger partial charge in [-0.3, -0.25) is 4.90 Å². The first kappa shape index (κ1) is 9.49. The van der Waals surface area contributed by atoms with Crippen molar-refractivity contribution in [2.75, 3.05) is 31.9 Å². The standard InChI is InChI=1S/C11H17N3/c12-11-3-1-2-10(8-11)9-14-6-4-13-5-7-14/h1-3,8,13H,4-7,9,12H2. The van der Waals surface area contributed by atoms with Crippen LogP contribution in [0.3, 0.4) is 0 Å². The molecule has 1 aromatic carbocycles. The Kier molecular flexibility index (Phi) is 3.01. The highest BCUT2D eigenvalue weighted by Gasteiger charge is 2.09. The lowest BCUT2D eigenvalue weighted by atomic mass is 10.2. The van der Waals surface area contributed by atoms with Gasteiger partial charge in [-0.05, 0) is 17.7 Å². The Hall–Kier alpha value is -1.06. The van der Waals surface area contributed by atoms with Crippen LogP contribution in [0, 0.1) is 0 Å². The van der Waals surface area contributed by atoms with Crippen molar-refractivity contribution in [3.05, 3.63) is 29.8 Å². The molecule has 14 heavy (non-hydrogen) atoms. The van der Waals surface area contributed by atoms with Crippen molar-refractivity contribution in [1.29, 1.82) is 0 Å². The molecule has 0 aliphatic carbocycles. The van der Waals surface area contributed by atoms with E-state index >= 15 is 0 Å². The number of hydrogen-bond donors (Lipinski definition) is 2. The average Bonchev–Trinajstić information content (AvgIpc) is 2.19. The fraction of sp³-hybridized carbons (Fsp3) is 0.455. The van der Waals surface area contributed by atoms with Crippen LogP contribution in [0.2, 0.25) is 0 Å². The zero-order valence-electron chi connectivity index (χ0n) is 8.37. The molecule has 3 N–H and O–H groups in total. The molecule has 0 aromatic heterocycles. The summed E-state index contributed by atoms with van der Waals surface area (Å²) in [6.07, 6.45) is 0. The third-order valence-electron chi connectivity index (χ3n) is 2.57. The van der Waals surface area contributed by atoms with Crippen molar-refractivity contribution in [3.8, 4) is 0 Å². The SMILES string of the molecule is Nc1cccc(CN2CCNCC2)c1. The zero-order chi connectivity index (χ0) is 9.80. The molecular weight excluding hydrogens is 174 g/mol. The molecule has 3 heteroatoms. The number of nitrogens with one attached hydrogen (secondary N) is 1. The van der Waals surface area contributed by atoms with E-state index in [4.69, 9.17) is 5.73 Å². The Labute approximate surface area is 84.9 Å². The Bertz CT molecular complexity index is 292. The predicted octanol–water partition coefficient (Wildman–Crippen LogP) is 0.674. The number of benzene rings is 1. The van der Waals surface area contributed by atoms with Crippen LogP contribution in [0.25, 0.3) is 0 Å². The summed E-state index contributed by atoms with van der Waals surface area (Å²) in [5.41, 5.74) is 7.90. The zero-order valence-corrected chi connectivity index (χ0v) is 8.37. The first-order valence-corrected chi connectivity index (χ1v) is 5.12. The van der Waals surface area contributed by atoms with Crippen LogP contribution in [0.15, 0.2) is 24.3 Å². The summed E-state index contributed by atoms with van der Waals surface area (Å²) in [7, 11) is 0. The fourth-order valence-electron chi connectivity index (χ4n) is 1.82. The van der Waals surface area contributed by atoms with E-state index < -0.39 is 0 Å². The van der Waals surface area contributed by atoms with E-state index in [1.165, 1.54) is 5.56 Å². The maximum Gasteiger partial charge on any atom is 0.0317 e. The first-order chi connectivity index (χ1) is 6.84. The second-order valence-corrected chi connectivity index (χ2v) is 3.77. The fourth-order valence-corrected chi connectivity index (χ4v) is 1.82. The molecule has 1 aromatic rings. The van der Waals surface area contributed by atoms with Gasteiger partial charge in [-0.1, -0.05) is 12.1 Å². The highest BCUT2D eigenvalue weighted by molar-refractivity contribution is 5.40. The topological polar surface area (TPSA) is 41.3 Å². The van der Waals surface area contributed by atoms with Gasteiger partial charge in [0.1, 0.15) is 0 Å². The minimum Gasteiger partial charge on any atom is -0.399 e. The molecule has 0 radical (unpaired) electrons. The number of nitrogen functional groups attached to an aromatic ring is 1. The predicted molar refractivity (Wildman–Crippen MR) is 59.0 cm³/mol. The Morgan fingerprint density at radius 1 is 1.29 bits per heavy atom. The highest BCUT2D eigenvalue weighted by atomic mass is 15.2. The van der Waals surface area contributed by atoms with Crippen LogP contribution in [-0.4, -0.2) is 31.1 Å². The van der Waals surface area contributed by atoms with Crippen LogP contribution in [0.5, 0.6) is 0 Å². The normalized spacial score (nSPS) is 18.3. The van der Waals surface area contributed by atoms with E-state index in [-0.39, 0.29) is 0 Å². The molecule has 1 fully saturated rings. The van der Waals surface area contributed by atoms with Gasteiger partial charge in [0.15, 0.2) is 0 Å². The summed E-state index contributed by atoms with van der Waals surface area (Å²) in [6, 6.07) is 8.15. The van der Waals surface area contributed by atoms with Gasteiger partial charge in [0.2, 0.25) is 0 Å². The van der Waals surface area contributed by atoms with Gasteiger partial charge in [0.05, 0.1) is 0 Å². The van der Waals surface area contributed by atoms with Crippen LogP contribution in [0.1, 0.15) is 5.56 Å². The Morgan fingerprint density at radius 2 is 2.07 bits per heavy atom. The van der Waals surface area contributed by atoms with Gasteiger partial charge in [-0.2, -0.15) is 0 Å². The minimum atomic E-state index is 0.859. The second-order valence-electron chi connectivity index (χ2n) is 3.77. The number of nitrogens with two attached hydrogens (primary N) is 1. The Balaban J connectivity index is 1.95. The van der Waals surface area contributed by atoms with Crippen LogP contribution < -0.4 is 11.1 Å². The summed E-state index contributed by atoms with van der Waals surface area (Å²) in [5, 5.41) is 3.35. The molecule has 0 atom stereocenters. The molecule has 1 aliphatic heterocycles. The quantitative estimate of drug-likeness (QED) is 0.675. The molecule has 0 bridgehead atoms. The summed E-state index contributed by atoms with van der Waals surface area (Å²) in [5.74, 6) is 0. The maximum absolute atomic E-state index is 5.73. The molecule has 2 rings (SSSR count). The summed E-state index contributed by atoms with van der Waals surface area (Å²) >= 11 is 0. The van der Waals surface area contributed by atoms with Crippen molar-refractivity contribution in [1.82, 2.24) is 10.2 Å². The molecule has 1 heterocycles. The Morgan fingerprint density at radius 3 is 2.79 bits per heavy atom. The van der Waals surface area contributed by atoms with E-state index in [0.29, 0.717) is 0 Å². The van der Waals surface area contributed by atoms with Crippen LogP contribution in [-0.2, 0) is 6.54 Å². The molecule has 0 saturated carbocycles. The summed E-state index contributed by atoms with van der Waals surface area (Å²) in [6.45, 7) is 5.49. The lowest BCUT2D eigenvalue weighted by Gasteiger charge is -2.27. The first-order valence-electron chi connectivity index (χ1n) is 5.12. The van der Waals surface area contributed by atoms with E-state index in [2.05, 4.69) is 22.3 Å². The minimum absolute atomic E-state index is 0.859. The van der Waals surface area contributed by atoms with Gasteiger partial charge >= 0.3 is 0 Å². The van der Waals surface area contributed by atoms with Gasteiger partial charge in [-0.25, -0.2) is 0 Å². The average molecular weight is 191 g/mol. The highest BCUT2D eigenvalue weighted by Crippen LogP contribution is 2.09.